The summed E-state index contributed by atoms with van der Waals surface area (Å²) >= 11 is 6.22. The molecule has 1 saturated heterocycles. The molecule has 1 fully saturated rings. The van der Waals surface area contributed by atoms with Gasteiger partial charge in [-0.3, -0.25) is 4.90 Å². The number of nitrogens with one attached hydrogen (secondary N) is 1. The fraction of sp³-hybridized carbons (Fsp3) is 0.625. The van der Waals surface area contributed by atoms with Crippen molar-refractivity contribution in [1.82, 2.24) is 14.9 Å². The van der Waals surface area contributed by atoms with Crippen LogP contribution in [0.25, 0.3) is 0 Å². The van der Waals surface area contributed by atoms with Gasteiger partial charge in [0.1, 0.15) is 16.8 Å². The smallest absolute Gasteiger partial charge is 0.138 e. The summed E-state index contributed by atoms with van der Waals surface area (Å²) in [6, 6.07) is 0.460. The molecule has 1 aliphatic rings. The third kappa shape index (κ3) is 4.42. The second-order valence-corrected chi connectivity index (χ2v) is 6.25. The van der Waals surface area contributed by atoms with Crippen LogP contribution in [0.4, 0.5) is 5.82 Å². The summed E-state index contributed by atoms with van der Waals surface area (Å²) < 4.78 is 0. The minimum absolute atomic E-state index is 0.460. The van der Waals surface area contributed by atoms with Crippen LogP contribution in [0.1, 0.15) is 38.1 Å². The zero-order chi connectivity index (χ0) is 15.4. The number of nitrogens with zero attached hydrogens (tertiary/aromatic N) is 3. The van der Waals surface area contributed by atoms with Gasteiger partial charge in [-0.05, 0) is 33.1 Å². The highest BCUT2D eigenvalue weighted by atomic mass is 35.5. The lowest BCUT2D eigenvalue weighted by atomic mass is 10.0. The van der Waals surface area contributed by atoms with Gasteiger partial charge in [0, 0.05) is 31.2 Å². The normalized spacial score (nSPS) is 17.0. The molecular weight excluding hydrogens is 284 g/mol. The molecule has 116 valence electrons. The maximum absolute atomic E-state index is 6.22. The molecule has 2 rings (SSSR count). The van der Waals surface area contributed by atoms with E-state index in [1.165, 1.54) is 5.57 Å². The Morgan fingerprint density at radius 3 is 2.62 bits per heavy atom. The van der Waals surface area contributed by atoms with E-state index >= 15 is 0 Å². The third-order valence-electron chi connectivity index (χ3n) is 3.84. The van der Waals surface area contributed by atoms with Crippen LogP contribution in [0.2, 0.25) is 5.15 Å². The molecule has 0 bridgehead atoms. The Morgan fingerprint density at radius 2 is 2.05 bits per heavy atom. The Labute approximate surface area is 132 Å². The largest absolute Gasteiger partial charge is 0.367 e. The van der Waals surface area contributed by atoms with Gasteiger partial charge in [0.2, 0.25) is 0 Å². The molecule has 5 heteroatoms. The molecule has 0 radical (unpaired) electrons. The summed E-state index contributed by atoms with van der Waals surface area (Å²) in [6.07, 6.45) is 3.09. The maximum Gasteiger partial charge on any atom is 0.138 e. The molecule has 2 heterocycles. The van der Waals surface area contributed by atoms with Crippen LogP contribution in [0.3, 0.4) is 0 Å². The second-order valence-electron chi connectivity index (χ2n) is 5.89. The zero-order valence-corrected chi connectivity index (χ0v) is 14.0. The molecule has 1 aliphatic heterocycles. The number of hydrogen-bond donors (Lipinski definition) is 1. The third-order valence-corrected chi connectivity index (χ3v) is 4.16. The SMILES string of the molecule is C=C(C)CN1CCC(Nc2nc(C)nc(Cl)c2CC)CC1. The van der Waals surface area contributed by atoms with E-state index < -0.39 is 0 Å². The van der Waals surface area contributed by atoms with E-state index in [0.717, 1.165) is 56.1 Å². The Morgan fingerprint density at radius 1 is 1.38 bits per heavy atom. The Bertz CT molecular complexity index is 507. The van der Waals surface area contributed by atoms with E-state index in [0.29, 0.717) is 11.2 Å². The lowest BCUT2D eigenvalue weighted by molar-refractivity contribution is 0.235. The van der Waals surface area contributed by atoms with Crippen molar-refractivity contribution < 1.29 is 0 Å². The van der Waals surface area contributed by atoms with Crippen molar-refractivity contribution in [1.29, 1.82) is 0 Å². The molecule has 4 nitrogen and oxygen atoms in total. The summed E-state index contributed by atoms with van der Waals surface area (Å²) in [5.74, 6) is 1.63. The summed E-state index contributed by atoms with van der Waals surface area (Å²) in [6.45, 7) is 13.2. The van der Waals surface area contributed by atoms with Crippen LogP contribution in [-0.2, 0) is 6.42 Å². The average Bonchev–Trinajstić information content (AvgIpc) is 2.40. The van der Waals surface area contributed by atoms with E-state index in [-0.39, 0.29) is 0 Å². The second kappa shape index (κ2) is 7.23. The van der Waals surface area contributed by atoms with Gasteiger partial charge in [0.25, 0.3) is 0 Å². The van der Waals surface area contributed by atoms with Crippen LogP contribution < -0.4 is 5.32 Å². The standard InChI is InChI=1S/C16H25ClN4/c1-5-14-15(17)18-12(4)19-16(14)20-13-6-8-21(9-7-13)10-11(2)3/h13H,2,5-10H2,1,3-4H3,(H,18,19,20). The van der Waals surface area contributed by atoms with Gasteiger partial charge in [0.05, 0.1) is 0 Å². The lowest BCUT2D eigenvalue weighted by Gasteiger charge is -2.33. The number of hydrogen-bond acceptors (Lipinski definition) is 4. The van der Waals surface area contributed by atoms with Gasteiger partial charge >= 0.3 is 0 Å². The molecule has 0 unspecified atom stereocenters. The lowest BCUT2D eigenvalue weighted by Crippen LogP contribution is -2.40. The van der Waals surface area contributed by atoms with Gasteiger partial charge in [-0.1, -0.05) is 30.7 Å². The number of piperidine rings is 1. The molecule has 1 N–H and O–H groups in total. The molecule has 1 aromatic heterocycles. The number of aryl methyl sites for hydroxylation is 1. The highest BCUT2D eigenvalue weighted by Crippen LogP contribution is 2.24. The number of anilines is 1. The zero-order valence-electron chi connectivity index (χ0n) is 13.2. The predicted octanol–water partition coefficient (Wildman–Crippen LogP) is 3.45. The van der Waals surface area contributed by atoms with E-state index in [1.54, 1.807) is 0 Å². The molecule has 21 heavy (non-hydrogen) atoms. The first kappa shape index (κ1) is 16.2. The fourth-order valence-corrected chi connectivity index (χ4v) is 3.15. The van der Waals surface area contributed by atoms with Gasteiger partial charge in [-0.2, -0.15) is 0 Å². The van der Waals surface area contributed by atoms with Crippen LogP contribution in [-0.4, -0.2) is 40.5 Å². The minimum Gasteiger partial charge on any atom is -0.367 e. The van der Waals surface area contributed by atoms with Crippen LogP contribution >= 0.6 is 11.6 Å². The first-order chi connectivity index (χ1) is 9.99. The van der Waals surface area contributed by atoms with Gasteiger partial charge in [0.15, 0.2) is 0 Å². The quantitative estimate of drug-likeness (QED) is 0.668. The molecule has 0 saturated carbocycles. The maximum atomic E-state index is 6.22. The van der Waals surface area contributed by atoms with Crippen LogP contribution in [0, 0.1) is 6.92 Å². The van der Waals surface area contributed by atoms with Crippen molar-refractivity contribution in [2.75, 3.05) is 25.0 Å². The van der Waals surface area contributed by atoms with Crippen molar-refractivity contribution in [2.24, 2.45) is 0 Å². The van der Waals surface area contributed by atoms with Gasteiger partial charge in [-0.15, -0.1) is 0 Å². The summed E-state index contributed by atoms with van der Waals surface area (Å²) in [4.78, 5) is 11.2. The van der Waals surface area contributed by atoms with Crippen LogP contribution in [0.15, 0.2) is 12.2 Å². The van der Waals surface area contributed by atoms with Crippen molar-refractivity contribution in [3.63, 3.8) is 0 Å². The highest BCUT2D eigenvalue weighted by Gasteiger charge is 2.21. The summed E-state index contributed by atoms with van der Waals surface area (Å²) in [5, 5.41) is 4.15. The Balaban J connectivity index is 1.99. The van der Waals surface area contributed by atoms with Gasteiger partial charge in [-0.25, -0.2) is 9.97 Å². The molecule has 0 amide bonds. The molecule has 1 aromatic rings. The number of halogens is 1. The molecule has 0 atom stereocenters. The first-order valence-corrected chi connectivity index (χ1v) is 8.03. The van der Waals surface area contributed by atoms with Crippen molar-refractivity contribution in [3.05, 3.63) is 28.7 Å². The predicted molar refractivity (Wildman–Crippen MR) is 89.1 cm³/mol. The Hall–Kier alpha value is -1.13. The van der Waals surface area contributed by atoms with Crippen molar-refractivity contribution >= 4 is 17.4 Å². The number of rotatable bonds is 5. The van der Waals surface area contributed by atoms with E-state index in [9.17, 15) is 0 Å². The summed E-state index contributed by atoms with van der Waals surface area (Å²) in [7, 11) is 0. The van der Waals surface area contributed by atoms with Gasteiger partial charge < -0.3 is 5.32 Å². The number of aromatic nitrogens is 2. The molecular formula is C16H25ClN4. The fourth-order valence-electron chi connectivity index (χ4n) is 2.80. The highest BCUT2D eigenvalue weighted by molar-refractivity contribution is 6.30. The first-order valence-electron chi connectivity index (χ1n) is 7.66. The monoisotopic (exact) mass is 308 g/mol. The molecule has 0 aliphatic carbocycles. The molecule has 0 aromatic carbocycles. The average molecular weight is 309 g/mol. The Kier molecular flexibility index (Phi) is 5.59. The van der Waals surface area contributed by atoms with E-state index in [4.69, 9.17) is 11.6 Å². The minimum atomic E-state index is 0.460. The topological polar surface area (TPSA) is 41.0 Å². The molecule has 0 spiro atoms. The number of likely N-dealkylation sites (tertiary alicyclic amines) is 1. The van der Waals surface area contributed by atoms with Crippen LogP contribution in [0.5, 0.6) is 0 Å². The van der Waals surface area contributed by atoms with Crippen molar-refractivity contribution in [2.45, 2.75) is 46.1 Å². The van der Waals surface area contributed by atoms with Crippen molar-refractivity contribution in [3.8, 4) is 0 Å². The van der Waals surface area contributed by atoms with E-state index in [1.807, 2.05) is 6.92 Å². The summed E-state index contributed by atoms with van der Waals surface area (Å²) in [5.41, 5.74) is 2.25. The van der Waals surface area contributed by atoms with E-state index in [2.05, 4.69) is 40.6 Å².